The van der Waals surface area contributed by atoms with Gasteiger partial charge in [-0.3, -0.25) is 0 Å². The summed E-state index contributed by atoms with van der Waals surface area (Å²) in [5, 5.41) is 1.81. The normalized spacial score (nSPS) is 12.7. The second-order valence-electron chi connectivity index (χ2n) is 11.7. The Hall–Kier alpha value is -6.65. The largest absolute Gasteiger partial charge is 0.455 e. The predicted molar refractivity (Wildman–Crippen MR) is 200 cm³/mol. The van der Waals surface area contributed by atoms with Gasteiger partial charge in [0, 0.05) is 21.9 Å². The number of nitrogens with zero attached hydrogens (tertiary/aromatic N) is 3. The molecule has 0 fully saturated rings. The smallest absolute Gasteiger partial charge is 0.167 e. The molecule has 0 unspecified atom stereocenters. The topological polar surface area (TPSA) is 51.8 Å². The van der Waals surface area contributed by atoms with Crippen molar-refractivity contribution in [2.45, 2.75) is 0 Å². The molecule has 9 aromatic rings. The summed E-state index contributed by atoms with van der Waals surface area (Å²) in [5.41, 5.74) is 9.07. The fourth-order valence-electron chi connectivity index (χ4n) is 6.28. The number of aromatic nitrogens is 3. The van der Waals surface area contributed by atoms with Crippen molar-refractivity contribution in [3.8, 4) is 67.5 Å². The number of fused-ring (bicyclic) bond motifs is 3. The number of rotatable bonds is 6. The quantitative estimate of drug-likeness (QED) is 0.183. The molecule has 0 aliphatic carbocycles. The van der Waals surface area contributed by atoms with E-state index in [1.807, 2.05) is 78.9 Å². The van der Waals surface area contributed by atoms with Crippen LogP contribution in [0.4, 0.5) is 0 Å². The molecule has 0 aliphatic heterocycles. The van der Waals surface area contributed by atoms with E-state index in [0.717, 1.165) is 33.0 Å². The molecular formula is C45H29N3O. The van der Waals surface area contributed by atoms with Crippen LogP contribution in [0.15, 0.2) is 180 Å². The lowest BCUT2D eigenvalue weighted by molar-refractivity contribution is 0.669. The summed E-state index contributed by atoms with van der Waals surface area (Å²) < 4.78 is 48.5. The summed E-state index contributed by atoms with van der Waals surface area (Å²) in [6.07, 6.45) is 0. The van der Waals surface area contributed by atoms with Gasteiger partial charge in [0.1, 0.15) is 11.2 Å². The summed E-state index contributed by atoms with van der Waals surface area (Å²) in [6.45, 7) is 0. The van der Waals surface area contributed by atoms with Crippen LogP contribution in [0.3, 0.4) is 0 Å². The van der Waals surface area contributed by atoms with E-state index in [1.54, 1.807) is 0 Å². The molecule has 0 saturated heterocycles. The zero-order chi connectivity index (χ0) is 36.9. The molecular weight excluding hydrogens is 599 g/mol. The Labute approximate surface area is 291 Å². The molecule has 7 aromatic carbocycles. The van der Waals surface area contributed by atoms with Gasteiger partial charge in [-0.05, 0) is 45.5 Å². The molecule has 0 amide bonds. The number of hydrogen-bond acceptors (Lipinski definition) is 4. The predicted octanol–water partition coefficient (Wildman–Crippen LogP) is 11.8. The molecule has 9 rings (SSSR count). The van der Waals surface area contributed by atoms with Crippen LogP contribution in [0.25, 0.3) is 89.5 Å². The minimum absolute atomic E-state index is 0.0283. The SMILES string of the molecule is [2H]c1c([2H])c([2H])c(-c2nc(-c3ccccc3)nc(-c3cccc4c3oc3cccc(-c5ccc(-c6ccc(-c7ccccc7)cc6)cc5)c34)n2)c([2H])c1[2H]. The molecule has 0 aliphatic rings. The summed E-state index contributed by atoms with van der Waals surface area (Å²) in [4.78, 5) is 14.2. The van der Waals surface area contributed by atoms with Gasteiger partial charge in [0.25, 0.3) is 0 Å². The molecule has 0 atom stereocenters. The molecule has 0 spiro atoms. The van der Waals surface area contributed by atoms with E-state index in [-0.39, 0.29) is 29.3 Å². The molecule has 0 bridgehead atoms. The van der Waals surface area contributed by atoms with Crippen LogP contribution < -0.4 is 0 Å². The molecule has 2 aromatic heterocycles. The van der Waals surface area contributed by atoms with Gasteiger partial charge >= 0.3 is 0 Å². The number of para-hydroxylation sites is 1. The molecule has 0 saturated carbocycles. The lowest BCUT2D eigenvalue weighted by Gasteiger charge is -2.09. The molecule has 49 heavy (non-hydrogen) atoms. The fourth-order valence-corrected chi connectivity index (χ4v) is 6.28. The standard InChI is InChI=1S/C45H29N3O/c1-4-12-30(13-5-1)31-22-24-32(25-23-31)33-26-28-34(29-27-33)37-18-11-21-40-41(37)38-19-10-20-39(42(38)49-40)45-47-43(35-14-6-2-7-15-35)46-44(48-45)36-16-8-3-9-17-36/h1-29H/i2D,6D,7D,14D,15D. The van der Waals surface area contributed by atoms with Crippen LogP contribution in [0.1, 0.15) is 6.85 Å². The molecule has 4 nitrogen and oxygen atoms in total. The summed E-state index contributed by atoms with van der Waals surface area (Å²) in [7, 11) is 0. The maximum atomic E-state index is 8.64. The van der Waals surface area contributed by atoms with Crippen molar-refractivity contribution in [2.75, 3.05) is 0 Å². The van der Waals surface area contributed by atoms with E-state index in [9.17, 15) is 0 Å². The first kappa shape index (κ1) is 23.6. The highest BCUT2D eigenvalue weighted by molar-refractivity contribution is 6.15. The van der Waals surface area contributed by atoms with Crippen LogP contribution in [-0.4, -0.2) is 15.0 Å². The number of furan rings is 1. The Morgan fingerprint density at radius 3 is 1.55 bits per heavy atom. The highest BCUT2D eigenvalue weighted by atomic mass is 16.3. The summed E-state index contributed by atoms with van der Waals surface area (Å²) >= 11 is 0. The Morgan fingerprint density at radius 1 is 0.388 bits per heavy atom. The van der Waals surface area contributed by atoms with Gasteiger partial charge < -0.3 is 4.42 Å². The van der Waals surface area contributed by atoms with Gasteiger partial charge in [0.15, 0.2) is 17.5 Å². The highest BCUT2D eigenvalue weighted by Gasteiger charge is 2.19. The minimum atomic E-state index is -0.485. The van der Waals surface area contributed by atoms with Crippen molar-refractivity contribution in [3.63, 3.8) is 0 Å². The van der Waals surface area contributed by atoms with E-state index < -0.39 is 18.1 Å². The average Bonchev–Trinajstić information content (AvgIpc) is 3.62. The Balaban J connectivity index is 1.16. The average molecular weight is 633 g/mol. The van der Waals surface area contributed by atoms with Gasteiger partial charge in [-0.2, -0.15) is 0 Å². The first-order chi connectivity index (χ1) is 26.4. The van der Waals surface area contributed by atoms with Crippen LogP contribution in [0, 0.1) is 0 Å². The van der Waals surface area contributed by atoms with Crippen molar-refractivity contribution in [1.82, 2.24) is 15.0 Å². The number of benzene rings is 7. The zero-order valence-corrected chi connectivity index (χ0v) is 26.1. The molecule has 2 heterocycles. The maximum Gasteiger partial charge on any atom is 0.167 e. The fraction of sp³-hybridized carbons (Fsp3) is 0. The van der Waals surface area contributed by atoms with E-state index in [4.69, 9.17) is 21.2 Å². The van der Waals surface area contributed by atoms with E-state index in [0.29, 0.717) is 28.1 Å². The first-order valence-electron chi connectivity index (χ1n) is 18.5. The summed E-state index contributed by atoms with van der Waals surface area (Å²) in [6, 6.07) is 46.4. The first-order valence-corrected chi connectivity index (χ1v) is 16.0. The van der Waals surface area contributed by atoms with E-state index in [2.05, 4.69) is 71.7 Å². The van der Waals surface area contributed by atoms with Crippen molar-refractivity contribution in [2.24, 2.45) is 0 Å². The highest BCUT2D eigenvalue weighted by Crippen LogP contribution is 2.40. The van der Waals surface area contributed by atoms with Crippen LogP contribution >= 0.6 is 0 Å². The molecule has 4 heteroatoms. The molecule has 0 N–H and O–H groups in total. The van der Waals surface area contributed by atoms with Gasteiger partial charge in [0.05, 0.1) is 12.4 Å². The molecule has 0 radical (unpaired) electrons. The summed E-state index contributed by atoms with van der Waals surface area (Å²) in [5.74, 6) is 0.518. The van der Waals surface area contributed by atoms with Gasteiger partial charge in [-0.25, -0.2) is 15.0 Å². The van der Waals surface area contributed by atoms with Crippen LogP contribution in [0.5, 0.6) is 0 Å². The Morgan fingerprint density at radius 2 is 0.898 bits per heavy atom. The van der Waals surface area contributed by atoms with Crippen LogP contribution in [0.2, 0.25) is 0 Å². The van der Waals surface area contributed by atoms with Crippen LogP contribution in [-0.2, 0) is 0 Å². The Kier molecular flexibility index (Phi) is 5.87. The van der Waals surface area contributed by atoms with Crippen molar-refractivity contribution < 1.29 is 11.3 Å². The third kappa shape index (κ3) is 5.35. The second kappa shape index (κ2) is 12.2. The zero-order valence-electron chi connectivity index (χ0n) is 31.1. The van der Waals surface area contributed by atoms with Crippen molar-refractivity contribution in [3.05, 3.63) is 176 Å². The monoisotopic (exact) mass is 632 g/mol. The van der Waals surface area contributed by atoms with Gasteiger partial charge in [0.2, 0.25) is 0 Å². The lowest BCUT2D eigenvalue weighted by Crippen LogP contribution is -2.00. The lowest BCUT2D eigenvalue weighted by atomic mass is 9.96. The van der Waals surface area contributed by atoms with Gasteiger partial charge in [-0.1, -0.05) is 164 Å². The van der Waals surface area contributed by atoms with E-state index in [1.165, 1.54) is 11.1 Å². The van der Waals surface area contributed by atoms with Crippen molar-refractivity contribution >= 4 is 21.9 Å². The third-order valence-electron chi connectivity index (χ3n) is 8.68. The molecule has 230 valence electrons. The maximum absolute atomic E-state index is 8.64. The minimum Gasteiger partial charge on any atom is -0.455 e. The third-order valence-corrected chi connectivity index (χ3v) is 8.68. The Bertz CT molecular complexity index is 2830. The second-order valence-corrected chi connectivity index (χ2v) is 11.7. The van der Waals surface area contributed by atoms with Crippen molar-refractivity contribution in [1.29, 1.82) is 0 Å². The van der Waals surface area contributed by atoms with E-state index >= 15 is 0 Å². The number of hydrogen-bond donors (Lipinski definition) is 0. The van der Waals surface area contributed by atoms with Gasteiger partial charge in [-0.15, -0.1) is 0 Å².